The van der Waals surface area contributed by atoms with Crippen LogP contribution in [0.4, 0.5) is 0 Å². The van der Waals surface area contributed by atoms with Crippen LogP contribution in [0.25, 0.3) is 11.4 Å². The van der Waals surface area contributed by atoms with Crippen molar-refractivity contribution in [3.05, 3.63) is 36.4 Å². The quantitative estimate of drug-likeness (QED) is 0.714. The van der Waals surface area contributed by atoms with Crippen LogP contribution in [0.2, 0.25) is 0 Å². The van der Waals surface area contributed by atoms with Gasteiger partial charge in [-0.3, -0.25) is 4.98 Å². The SMILES string of the molecule is OCc1cnc(-c2cccnc2)[nH]1. The van der Waals surface area contributed by atoms with Crippen molar-refractivity contribution >= 4 is 0 Å². The number of hydrogen-bond acceptors (Lipinski definition) is 3. The van der Waals surface area contributed by atoms with Gasteiger partial charge in [0.1, 0.15) is 5.82 Å². The average molecular weight is 175 g/mol. The fourth-order valence-corrected chi connectivity index (χ4v) is 1.09. The second-order valence-electron chi connectivity index (χ2n) is 2.66. The van der Waals surface area contributed by atoms with Gasteiger partial charge in [-0.1, -0.05) is 0 Å². The molecule has 0 aliphatic carbocycles. The van der Waals surface area contributed by atoms with Crippen LogP contribution in [-0.2, 0) is 6.61 Å². The molecule has 13 heavy (non-hydrogen) atoms. The van der Waals surface area contributed by atoms with E-state index in [-0.39, 0.29) is 6.61 Å². The molecule has 2 N–H and O–H groups in total. The number of aliphatic hydroxyl groups excluding tert-OH is 1. The zero-order valence-corrected chi connectivity index (χ0v) is 6.94. The van der Waals surface area contributed by atoms with Crippen LogP contribution in [0.1, 0.15) is 5.69 Å². The van der Waals surface area contributed by atoms with Crippen LogP contribution >= 0.6 is 0 Å². The first-order chi connectivity index (χ1) is 6.40. The summed E-state index contributed by atoms with van der Waals surface area (Å²) in [5.41, 5.74) is 1.63. The van der Waals surface area contributed by atoms with E-state index in [0.717, 1.165) is 11.4 Å². The number of imidazole rings is 1. The molecule has 2 rings (SSSR count). The summed E-state index contributed by atoms with van der Waals surface area (Å²) in [6, 6.07) is 3.75. The molecule has 0 aliphatic rings. The van der Waals surface area contributed by atoms with Crippen molar-refractivity contribution < 1.29 is 5.11 Å². The standard InChI is InChI=1S/C9H9N3O/c13-6-8-5-11-9(12-8)7-2-1-3-10-4-7/h1-5,13H,6H2,(H,11,12). The number of aromatic nitrogens is 3. The molecule has 0 aromatic carbocycles. The van der Waals surface area contributed by atoms with E-state index in [4.69, 9.17) is 5.11 Å². The van der Waals surface area contributed by atoms with Gasteiger partial charge in [0, 0.05) is 18.0 Å². The minimum atomic E-state index is -0.0206. The molecule has 0 fully saturated rings. The fourth-order valence-electron chi connectivity index (χ4n) is 1.09. The molecule has 0 amide bonds. The number of aromatic amines is 1. The lowest BCUT2D eigenvalue weighted by molar-refractivity contribution is 0.277. The fraction of sp³-hybridized carbons (Fsp3) is 0.111. The van der Waals surface area contributed by atoms with Crippen LogP contribution in [0.5, 0.6) is 0 Å². The van der Waals surface area contributed by atoms with Crippen LogP contribution in [0.3, 0.4) is 0 Å². The topological polar surface area (TPSA) is 61.8 Å². The van der Waals surface area contributed by atoms with Gasteiger partial charge in [-0.05, 0) is 12.1 Å². The summed E-state index contributed by atoms with van der Waals surface area (Å²) in [7, 11) is 0. The summed E-state index contributed by atoms with van der Waals surface area (Å²) in [4.78, 5) is 11.1. The lowest BCUT2D eigenvalue weighted by Crippen LogP contribution is -1.83. The normalized spacial score (nSPS) is 10.2. The van der Waals surface area contributed by atoms with Crippen molar-refractivity contribution in [3.63, 3.8) is 0 Å². The third-order valence-electron chi connectivity index (χ3n) is 1.73. The number of nitrogens with zero attached hydrogens (tertiary/aromatic N) is 2. The van der Waals surface area contributed by atoms with Gasteiger partial charge in [0.05, 0.1) is 18.5 Å². The smallest absolute Gasteiger partial charge is 0.139 e. The number of pyridine rings is 1. The Morgan fingerprint density at radius 1 is 1.38 bits per heavy atom. The summed E-state index contributed by atoms with van der Waals surface area (Å²) in [5, 5.41) is 8.81. The minimum absolute atomic E-state index is 0.0206. The zero-order valence-electron chi connectivity index (χ0n) is 6.94. The molecule has 2 aromatic heterocycles. The molecule has 0 radical (unpaired) electrons. The van der Waals surface area contributed by atoms with E-state index >= 15 is 0 Å². The first-order valence-electron chi connectivity index (χ1n) is 3.95. The summed E-state index contributed by atoms with van der Waals surface area (Å²) in [6.07, 6.45) is 5.04. The van der Waals surface area contributed by atoms with E-state index in [1.807, 2.05) is 12.1 Å². The van der Waals surface area contributed by atoms with Gasteiger partial charge in [-0.2, -0.15) is 0 Å². The van der Waals surface area contributed by atoms with E-state index in [1.165, 1.54) is 0 Å². The molecule has 0 spiro atoms. The molecular weight excluding hydrogens is 166 g/mol. The van der Waals surface area contributed by atoms with Gasteiger partial charge in [0.25, 0.3) is 0 Å². The Balaban J connectivity index is 2.36. The Morgan fingerprint density at radius 2 is 2.31 bits per heavy atom. The van der Waals surface area contributed by atoms with Gasteiger partial charge >= 0.3 is 0 Å². The first-order valence-corrected chi connectivity index (χ1v) is 3.95. The van der Waals surface area contributed by atoms with Gasteiger partial charge in [-0.25, -0.2) is 4.98 Å². The third kappa shape index (κ3) is 1.57. The molecule has 0 aliphatic heterocycles. The molecule has 0 atom stereocenters. The zero-order chi connectivity index (χ0) is 9.10. The van der Waals surface area contributed by atoms with Crippen molar-refractivity contribution in [3.8, 4) is 11.4 Å². The maximum absolute atomic E-state index is 8.81. The molecule has 0 saturated carbocycles. The number of rotatable bonds is 2. The van der Waals surface area contributed by atoms with Gasteiger partial charge in [0.15, 0.2) is 0 Å². The molecule has 4 nitrogen and oxygen atoms in total. The second-order valence-corrected chi connectivity index (χ2v) is 2.66. The van der Waals surface area contributed by atoms with E-state index in [0.29, 0.717) is 5.69 Å². The van der Waals surface area contributed by atoms with E-state index < -0.39 is 0 Å². The van der Waals surface area contributed by atoms with Crippen molar-refractivity contribution in [1.82, 2.24) is 15.0 Å². The highest BCUT2D eigenvalue weighted by Crippen LogP contribution is 2.13. The number of H-pyrrole nitrogens is 1. The lowest BCUT2D eigenvalue weighted by Gasteiger charge is -1.93. The van der Waals surface area contributed by atoms with Gasteiger partial charge in [-0.15, -0.1) is 0 Å². The maximum atomic E-state index is 8.81. The summed E-state index contributed by atoms with van der Waals surface area (Å²) < 4.78 is 0. The minimum Gasteiger partial charge on any atom is -0.390 e. The predicted molar refractivity (Wildman–Crippen MR) is 47.7 cm³/mol. The first kappa shape index (κ1) is 7.94. The molecule has 2 aromatic rings. The Kier molecular flexibility index (Phi) is 2.06. The molecule has 2 heterocycles. The average Bonchev–Trinajstić information content (AvgIpc) is 2.67. The third-order valence-corrected chi connectivity index (χ3v) is 1.73. The van der Waals surface area contributed by atoms with Crippen molar-refractivity contribution in [2.45, 2.75) is 6.61 Å². The van der Waals surface area contributed by atoms with E-state index in [9.17, 15) is 0 Å². The molecular formula is C9H9N3O. The van der Waals surface area contributed by atoms with Crippen LogP contribution < -0.4 is 0 Å². The molecule has 0 saturated heterocycles. The van der Waals surface area contributed by atoms with E-state index in [2.05, 4.69) is 15.0 Å². The highest BCUT2D eigenvalue weighted by molar-refractivity contribution is 5.53. The monoisotopic (exact) mass is 175 g/mol. The molecule has 66 valence electrons. The van der Waals surface area contributed by atoms with Crippen molar-refractivity contribution in [1.29, 1.82) is 0 Å². The lowest BCUT2D eigenvalue weighted by atomic mass is 10.3. The predicted octanol–water partition coefficient (Wildman–Crippen LogP) is 0.964. The van der Waals surface area contributed by atoms with Gasteiger partial charge in [0.2, 0.25) is 0 Å². The highest BCUT2D eigenvalue weighted by Gasteiger charge is 2.01. The Morgan fingerprint density at radius 3 is 2.92 bits per heavy atom. The second kappa shape index (κ2) is 3.37. The molecule has 0 unspecified atom stereocenters. The Labute approximate surface area is 75.3 Å². The van der Waals surface area contributed by atoms with Crippen molar-refractivity contribution in [2.75, 3.05) is 0 Å². The summed E-state index contributed by atoms with van der Waals surface area (Å²) >= 11 is 0. The molecule has 4 heteroatoms. The number of nitrogens with one attached hydrogen (secondary N) is 1. The largest absolute Gasteiger partial charge is 0.390 e. The van der Waals surface area contributed by atoms with Crippen LogP contribution in [0, 0.1) is 0 Å². The summed E-state index contributed by atoms with van der Waals surface area (Å²) in [6.45, 7) is -0.0206. The van der Waals surface area contributed by atoms with Crippen LogP contribution in [-0.4, -0.2) is 20.1 Å². The molecule has 0 bridgehead atoms. The summed E-state index contributed by atoms with van der Waals surface area (Å²) in [5.74, 6) is 0.733. The highest BCUT2D eigenvalue weighted by atomic mass is 16.3. The van der Waals surface area contributed by atoms with Crippen LogP contribution in [0.15, 0.2) is 30.7 Å². The Hall–Kier alpha value is -1.68. The van der Waals surface area contributed by atoms with Crippen molar-refractivity contribution in [2.24, 2.45) is 0 Å². The van der Waals surface area contributed by atoms with Gasteiger partial charge < -0.3 is 10.1 Å². The number of hydrogen-bond donors (Lipinski definition) is 2. The van der Waals surface area contributed by atoms with E-state index in [1.54, 1.807) is 18.6 Å². The maximum Gasteiger partial charge on any atom is 0.139 e. The number of aliphatic hydroxyl groups is 1. The Bertz CT molecular complexity index is 383.